The van der Waals surface area contributed by atoms with Gasteiger partial charge in [-0.1, -0.05) is 99.5 Å². The van der Waals surface area contributed by atoms with Gasteiger partial charge in [-0.05, 0) is 48.2 Å². The maximum absolute atomic E-state index is 12.6. The van der Waals surface area contributed by atoms with E-state index < -0.39 is 0 Å². The van der Waals surface area contributed by atoms with Crippen LogP contribution in [0.15, 0.2) is 119 Å². The second-order valence-electron chi connectivity index (χ2n) is 9.82. The molecule has 0 atom stereocenters. The lowest BCUT2D eigenvalue weighted by Crippen LogP contribution is -2.18. The highest BCUT2D eigenvalue weighted by molar-refractivity contribution is 5.85. The number of nitrogens with one attached hydrogen (secondary N) is 2. The molecule has 43 heavy (non-hydrogen) atoms. The first kappa shape index (κ1) is 31.0. The Kier molecular flexibility index (Phi) is 10.7. The quantitative estimate of drug-likeness (QED) is 0.203. The number of H-pyrrole nitrogens is 2. The number of hydrogen-bond donors (Lipinski definition) is 2. The monoisotopic (exact) mass is 594 g/mol. The lowest BCUT2D eigenvalue weighted by molar-refractivity contribution is 0.814. The molecule has 6 rings (SSSR count). The zero-order valence-electron chi connectivity index (χ0n) is 24.2. The summed E-state index contributed by atoms with van der Waals surface area (Å²) in [7, 11) is 0. The molecular weight excluding hydrogens is 560 g/mol. The number of aromatic amines is 2. The summed E-state index contributed by atoms with van der Waals surface area (Å²) in [6.45, 7) is 4.15. The molecule has 9 heteroatoms. The largest absolute Gasteiger partial charge is 0.289 e. The van der Waals surface area contributed by atoms with Crippen molar-refractivity contribution in [3.63, 3.8) is 0 Å². The van der Waals surface area contributed by atoms with E-state index in [1.54, 1.807) is 12.4 Å². The predicted molar refractivity (Wildman–Crippen MR) is 174 cm³/mol. The van der Waals surface area contributed by atoms with E-state index in [9.17, 15) is 9.59 Å². The average molecular weight is 595 g/mol. The van der Waals surface area contributed by atoms with Crippen LogP contribution in [0.4, 0.5) is 0 Å². The number of aromatic nitrogens is 6. The van der Waals surface area contributed by atoms with E-state index in [0.717, 1.165) is 59.3 Å². The van der Waals surface area contributed by atoms with Crippen LogP contribution in [0, 0.1) is 0 Å². The van der Waals surface area contributed by atoms with Crippen LogP contribution in [-0.2, 0) is 12.8 Å². The summed E-state index contributed by atoms with van der Waals surface area (Å²) in [6, 6.07) is 30.9. The fraction of sp³-hybridized carbons (Fsp3) is 0.176. The molecule has 0 saturated heterocycles. The highest BCUT2D eigenvalue weighted by Gasteiger charge is 2.17. The van der Waals surface area contributed by atoms with Gasteiger partial charge in [0.25, 0.3) is 11.1 Å². The third-order valence-electron chi connectivity index (χ3n) is 6.85. The van der Waals surface area contributed by atoms with Gasteiger partial charge < -0.3 is 0 Å². The number of pyridine rings is 2. The van der Waals surface area contributed by atoms with Crippen LogP contribution >= 0.6 is 12.4 Å². The van der Waals surface area contributed by atoms with Crippen molar-refractivity contribution >= 4 is 12.4 Å². The smallest absolute Gasteiger partial charge is 0.276 e. The highest BCUT2D eigenvalue weighted by Crippen LogP contribution is 2.22. The number of nitrogens with zero attached hydrogens (tertiary/aromatic N) is 4. The van der Waals surface area contributed by atoms with E-state index in [1.165, 1.54) is 9.36 Å². The molecule has 4 aromatic heterocycles. The second-order valence-corrected chi connectivity index (χ2v) is 9.82. The molecule has 220 valence electrons. The third-order valence-corrected chi connectivity index (χ3v) is 6.85. The first-order valence-electron chi connectivity index (χ1n) is 14.2. The molecule has 0 amide bonds. The summed E-state index contributed by atoms with van der Waals surface area (Å²) in [4.78, 5) is 33.8. The van der Waals surface area contributed by atoms with E-state index in [1.807, 2.05) is 97.1 Å². The van der Waals surface area contributed by atoms with Gasteiger partial charge in [0.1, 0.15) is 0 Å². The molecular formula is C34H35ClN6O2. The Labute approximate surface area is 256 Å². The maximum Gasteiger partial charge on any atom is 0.276 e. The van der Waals surface area contributed by atoms with Gasteiger partial charge in [0.15, 0.2) is 11.6 Å². The molecule has 0 saturated carbocycles. The van der Waals surface area contributed by atoms with Gasteiger partial charge in [0.2, 0.25) is 0 Å². The molecule has 0 unspecified atom stereocenters. The first-order chi connectivity index (χ1) is 20.6. The molecule has 4 heterocycles. The maximum atomic E-state index is 12.6. The Morgan fingerprint density at radius 2 is 0.930 bits per heavy atom. The zero-order chi connectivity index (χ0) is 29.3. The molecule has 0 aliphatic rings. The molecule has 2 aromatic carbocycles. The molecule has 0 fully saturated rings. The van der Waals surface area contributed by atoms with Crippen molar-refractivity contribution in [3.8, 4) is 34.2 Å². The molecule has 8 nitrogen and oxygen atoms in total. The predicted octanol–water partition coefficient (Wildman–Crippen LogP) is 6.78. The van der Waals surface area contributed by atoms with E-state index in [0.29, 0.717) is 11.6 Å². The summed E-state index contributed by atoms with van der Waals surface area (Å²) in [5, 5.41) is 6.42. The summed E-state index contributed by atoms with van der Waals surface area (Å²) in [5.74, 6) is 1.23. The van der Waals surface area contributed by atoms with E-state index in [4.69, 9.17) is 0 Å². The topological polar surface area (TPSA) is 101 Å². The van der Waals surface area contributed by atoms with Crippen LogP contribution < -0.4 is 11.1 Å². The van der Waals surface area contributed by atoms with Gasteiger partial charge in [0, 0.05) is 23.5 Å². The Morgan fingerprint density at radius 1 is 0.558 bits per heavy atom. The number of hydrogen-bond acceptors (Lipinski definition) is 4. The number of benzene rings is 2. The summed E-state index contributed by atoms with van der Waals surface area (Å²) >= 11 is 0. The Morgan fingerprint density at radius 3 is 1.26 bits per heavy atom. The van der Waals surface area contributed by atoms with Crippen molar-refractivity contribution in [2.75, 3.05) is 0 Å². The van der Waals surface area contributed by atoms with Crippen LogP contribution in [0.3, 0.4) is 0 Å². The van der Waals surface area contributed by atoms with Crippen molar-refractivity contribution in [2.24, 2.45) is 0 Å². The first-order valence-corrected chi connectivity index (χ1v) is 14.2. The van der Waals surface area contributed by atoms with Gasteiger partial charge in [0.05, 0.1) is 11.4 Å². The SMILES string of the molecule is CCCc1c(-c2ccccc2)[nH]n(-c2ccccn2)c1=O.CCCc1c(-c2ccccc2)[nH]n(-c2ccccn2)c1=O.Cl. The van der Waals surface area contributed by atoms with Crippen LogP contribution in [0.25, 0.3) is 34.2 Å². The van der Waals surface area contributed by atoms with Crippen LogP contribution in [0.5, 0.6) is 0 Å². The molecule has 2 N–H and O–H groups in total. The van der Waals surface area contributed by atoms with Crippen molar-refractivity contribution < 1.29 is 0 Å². The Bertz CT molecular complexity index is 1690. The Hall–Kier alpha value is -4.95. The summed E-state index contributed by atoms with van der Waals surface area (Å²) < 4.78 is 3.04. The lowest BCUT2D eigenvalue weighted by atomic mass is 10.1. The molecule has 6 aromatic rings. The van der Waals surface area contributed by atoms with E-state index in [2.05, 4.69) is 34.0 Å². The second kappa shape index (κ2) is 14.8. The van der Waals surface area contributed by atoms with Crippen molar-refractivity contribution in [2.45, 2.75) is 39.5 Å². The summed E-state index contributed by atoms with van der Waals surface area (Å²) in [6.07, 6.45) is 6.72. The fourth-order valence-corrected chi connectivity index (χ4v) is 4.89. The Balaban J connectivity index is 0.000000192. The molecule has 0 bridgehead atoms. The zero-order valence-corrected chi connectivity index (χ0v) is 25.1. The minimum Gasteiger partial charge on any atom is -0.289 e. The average Bonchev–Trinajstić information content (AvgIpc) is 3.56. The fourth-order valence-electron chi connectivity index (χ4n) is 4.89. The number of rotatable bonds is 8. The summed E-state index contributed by atoms with van der Waals surface area (Å²) in [5.41, 5.74) is 5.40. The van der Waals surface area contributed by atoms with E-state index in [-0.39, 0.29) is 23.5 Å². The van der Waals surface area contributed by atoms with Crippen LogP contribution in [0.2, 0.25) is 0 Å². The van der Waals surface area contributed by atoms with Crippen molar-refractivity contribution in [1.82, 2.24) is 29.5 Å². The molecule has 0 spiro atoms. The van der Waals surface area contributed by atoms with Crippen LogP contribution in [0.1, 0.15) is 37.8 Å². The van der Waals surface area contributed by atoms with Gasteiger partial charge in [-0.3, -0.25) is 19.8 Å². The molecule has 0 radical (unpaired) electrons. The standard InChI is InChI=1S/2C17H17N3O.ClH/c2*1-2-8-14-16(13-9-4-3-5-10-13)19-20(17(14)21)15-11-6-7-12-18-15;/h2*3-7,9-12,19H,2,8H2,1H3;1H. The van der Waals surface area contributed by atoms with Crippen LogP contribution in [-0.4, -0.2) is 29.5 Å². The highest BCUT2D eigenvalue weighted by atomic mass is 35.5. The van der Waals surface area contributed by atoms with Gasteiger partial charge in [-0.25, -0.2) is 19.3 Å². The van der Waals surface area contributed by atoms with Crippen molar-refractivity contribution in [3.05, 3.63) is 141 Å². The lowest BCUT2D eigenvalue weighted by Gasteiger charge is -2.01. The van der Waals surface area contributed by atoms with Gasteiger partial charge in [-0.2, -0.15) is 0 Å². The minimum atomic E-state index is -0.0191. The minimum absolute atomic E-state index is 0. The molecule has 0 aliphatic heterocycles. The normalized spacial score (nSPS) is 10.5. The third kappa shape index (κ3) is 6.93. The van der Waals surface area contributed by atoms with Gasteiger partial charge in [-0.15, -0.1) is 12.4 Å². The van der Waals surface area contributed by atoms with Gasteiger partial charge >= 0.3 is 0 Å². The number of halogens is 1. The van der Waals surface area contributed by atoms with Crippen molar-refractivity contribution in [1.29, 1.82) is 0 Å². The van der Waals surface area contributed by atoms with E-state index >= 15 is 0 Å². The molecule has 0 aliphatic carbocycles.